The number of carbonyl (C=O) groups is 2. The molecule has 2 rings (SSSR count). The van der Waals surface area contributed by atoms with E-state index in [4.69, 9.17) is 16.3 Å². The first-order valence-electron chi connectivity index (χ1n) is 6.92. The summed E-state index contributed by atoms with van der Waals surface area (Å²) in [6.45, 7) is 1.47. The molecule has 1 N–H and O–H groups in total. The lowest BCUT2D eigenvalue weighted by Crippen LogP contribution is -2.30. The average Bonchev–Trinajstić information content (AvgIpc) is 3.01. The van der Waals surface area contributed by atoms with Crippen LogP contribution >= 0.6 is 22.9 Å². The van der Waals surface area contributed by atoms with Crippen LogP contribution in [-0.4, -0.2) is 18.0 Å². The van der Waals surface area contributed by atoms with Crippen LogP contribution in [0.5, 0.6) is 0 Å². The third-order valence-corrected chi connectivity index (χ3v) is 4.11. The highest BCUT2D eigenvalue weighted by Crippen LogP contribution is 2.22. The number of hydrogen-bond acceptors (Lipinski definition) is 4. The Labute approximate surface area is 142 Å². The highest BCUT2D eigenvalue weighted by atomic mass is 35.5. The van der Waals surface area contributed by atoms with Gasteiger partial charge in [0.1, 0.15) is 5.82 Å². The van der Waals surface area contributed by atoms with Gasteiger partial charge >= 0.3 is 5.97 Å². The molecule has 122 valence electrons. The summed E-state index contributed by atoms with van der Waals surface area (Å²) < 4.78 is 18.0. The maximum Gasteiger partial charge on any atom is 0.306 e. The van der Waals surface area contributed by atoms with Gasteiger partial charge < -0.3 is 10.1 Å². The molecule has 1 amide bonds. The van der Waals surface area contributed by atoms with Crippen molar-refractivity contribution in [1.82, 2.24) is 0 Å². The second-order valence-corrected chi connectivity index (χ2v) is 6.06. The number of nitrogens with one attached hydrogen (secondary N) is 1. The first-order chi connectivity index (χ1) is 11.0. The van der Waals surface area contributed by atoms with Crippen molar-refractivity contribution in [2.75, 3.05) is 5.32 Å². The molecule has 0 unspecified atom stereocenters. The number of aryl methyl sites for hydroxylation is 1. The molecule has 0 fully saturated rings. The monoisotopic (exact) mass is 355 g/mol. The minimum absolute atomic E-state index is 0.0781. The van der Waals surface area contributed by atoms with E-state index < -0.39 is 23.8 Å². The summed E-state index contributed by atoms with van der Waals surface area (Å²) in [6.07, 6.45) is -0.197. The van der Waals surface area contributed by atoms with Gasteiger partial charge in [-0.15, -0.1) is 0 Å². The fraction of sp³-hybridized carbons (Fsp3) is 0.250. The molecule has 1 aromatic carbocycles. The van der Waals surface area contributed by atoms with Crippen molar-refractivity contribution < 1.29 is 18.7 Å². The Bertz CT molecular complexity index is 691. The minimum Gasteiger partial charge on any atom is -0.453 e. The third kappa shape index (κ3) is 5.33. The maximum absolute atomic E-state index is 13.0. The Morgan fingerprint density at radius 3 is 2.83 bits per heavy atom. The number of esters is 1. The first kappa shape index (κ1) is 17.4. The molecule has 23 heavy (non-hydrogen) atoms. The molecular weight excluding hydrogens is 341 g/mol. The topological polar surface area (TPSA) is 55.4 Å². The predicted molar refractivity (Wildman–Crippen MR) is 88.2 cm³/mol. The Morgan fingerprint density at radius 1 is 1.39 bits per heavy atom. The standard InChI is InChI=1S/C16H15ClFNO3S/c1-10(22-15(20)5-2-11-6-7-23-9-11)16(21)19-14-4-3-12(18)8-13(14)17/h3-4,6-10H,2,5H2,1H3,(H,19,21)/t10-/m0/s1. The molecule has 0 bridgehead atoms. The lowest BCUT2D eigenvalue weighted by atomic mass is 10.2. The molecule has 0 saturated carbocycles. The number of rotatable bonds is 6. The van der Waals surface area contributed by atoms with Crippen molar-refractivity contribution in [2.45, 2.75) is 25.9 Å². The molecule has 7 heteroatoms. The van der Waals surface area contributed by atoms with Crippen molar-refractivity contribution in [2.24, 2.45) is 0 Å². The van der Waals surface area contributed by atoms with Gasteiger partial charge in [-0.2, -0.15) is 11.3 Å². The first-order valence-corrected chi connectivity index (χ1v) is 8.24. The SMILES string of the molecule is C[C@H](OC(=O)CCc1ccsc1)C(=O)Nc1ccc(F)cc1Cl. The lowest BCUT2D eigenvalue weighted by Gasteiger charge is -2.14. The van der Waals surface area contributed by atoms with Crippen LogP contribution in [0.2, 0.25) is 5.02 Å². The third-order valence-electron chi connectivity index (χ3n) is 3.06. The van der Waals surface area contributed by atoms with Crippen LogP contribution in [0.25, 0.3) is 0 Å². The fourth-order valence-electron chi connectivity index (χ4n) is 1.82. The van der Waals surface area contributed by atoms with Gasteiger partial charge in [-0.05, 0) is 53.9 Å². The van der Waals surface area contributed by atoms with E-state index in [9.17, 15) is 14.0 Å². The maximum atomic E-state index is 13.0. The summed E-state index contributed by atoms with van der Waals surface area (Å²) in [6, 6.07) is 5.55. The Hall–Kier alpha value is -1.92. The van der Waals surface area contributed by atoms with Crippen molar-refractivity contribution in [3.63, 3.8) is 0 Å². The second-order valence-electron chi connectivity index (χ2n) is 4.88. The molecule has 1 atom stereocenters. The normalized spacial score (nSPS) is 11.8. The number of amides is 1. The number of ether oxygens (including phenoxy) is 1. The van der Waals surface area contributed by atoms with Crippen LogP contribution in [0.1, 0.15) is 18.9 Å². The lowest BCUT2D eigenvalue weighted by molar-refractivity contribution is -0.153. The van der Waals surface area contributed by atoms with Crippen molar-refractivity contribution in [3.05, 3.63) is 51.4 Å². The van der Waals surface area contributed by atoms with E-state index in [0.29, 0.717) is 6.42 Å². The Kier molecular flexibility index (Phi) is 6.12. The smallest absolute Gasteiger partial charge is 0.306 e. The molecule has 0 saturated heterocycles. The molecule has 0 spiro atoms. The largest absolute Gasteiger partial charge is 0.453 e. The molecule has 0 aliphatic carbocycles. The van der Waals surface area contributed by atoms with Crippen molar-refractivity contribution >= 4 is 40.5 Å². The van der Waals surface area contributed by atoms with Gasteiger partial charge in [0.15, 0.2) is 6.10 Å². The number of hydrogen-bond donors (Lipinski definition) is 1. The zero-order valence-corrected chi connectivity index (χ0v) is 13.9. The van der Waals surface area contributed by atoms with Crippen LogP contribution in [0, 0.1) is 5.82 Å². The molecule has 1 aromatic heterocycles. The van der Waals surface area contributed by atoms with E-state index >= 15 is 0 Å². The van der Waals surface area contributed by atoms with E-state index in [1.165, 1.54) is 19.1 Å². The molecule has 4 nitrogen and oxygen atoms in total. The summed E-state index contributed by atoms with van der Waals surface area (Å²) in [5.41, 5.74) is 1.32. The molecule has 0 radical (unpaired) electrons. The molecule has 0 aliphatic rings. The van der Waals surface area contributed by atoms with E-state index in [2.05, 4.69) is 5.32 Å². The molecular formula is C16H15ClFNO3S. The Morgan fingerprint density at radius 2 is 2.17 bits per heavy atom. The minimum atomic E-state index is -0.967. The number of carbonyl (C=O) groups excluding carboxylic acids is 2. The van der Waals surface area contributed by atoms with Crippen LogP contribution in [-0.2, 0) is 20.7 Å². The van der Waals surface area contributed by atoms with Gasteiger partial charge in [0.2, 0.25) is 0 Å². The van der Waals surface area contributed by atoms with Crippen LogP contribution < -0.4 is 5.32 Å². The quantitative estimate of drug-likeness (QED) is 0.795. The number of thiophene rings is 1. The number of benzene rings is 1. The summed E-state index contributed by atoms with van der Waals surface area (Å²) in [5.74, 6) is -1.48. The van der Waals surface area contributed by atoms with Gasteiger partial charge in [0.25, 0.3) is 5.91 Å². The number of anilines is 1. The fourth-order valence-corrected chi connectivity index (χ4v) is 2.73. The summed E-state index contributed by atoms with van der Waals surface area (Å²) >= 11 is 7.39. The zero-order chi connectivity index (χ0) is 16.8. The van der Waals surface area contributed by atoms with Gasteiger partial charge in [0, 0.05) is 6.42 Å². The summed E-state index contributed by atoms with van der Waals surface area (Å²) in [4.78, 5) is 23.7. The van der Waals surface area contributed by atoms with Gasteiger partial charge in [-0.1, -0.05) is 11.6 Å². The van der Waals surface area contributed by atoms with Crippen LogP contribution in [0.3, 0.4) is 0 Å². The highest BCUT2D eigenvalue weighted by Gasteiger charge is 2.18. The molecule has 0 aliphatic heterocycles. The predicted octanol–water partition coefficient (Wildman–Crippen LogP) is 4.04. The van der Waals surface area contributed by atoms with E-state index in [1.54, 1.807) is 11.3 Å². The highest BCUT2D eigenvalue weighted by molar-refractivity contribution is 7.07. The molecule has 2 aromatic rings. The van der Waals surface area contributed by atoms with Crippen LogP contribution in [0.15, 0.2) is 35.0 Å². The molecule has 1 heterocycles. The Balaban J connectivity index is 1.83. The average molecular weight is 356 g/mol. The van der Waals surface area contributed by atoms with Crippen molar-refractivity contribution in [1.29, 1.82) is 0 Å². The zero-order valence-electron chi connectivity index (χ0n) is 12.3. The van der Waals surface area contributed by atoms with E-state index in [0.717, 1.165) is 11.6 Å². The van der Waals surface area contributed by atoms with Gasteiger partial charge in [0.05, 0.1) is 10.7 Å². The van der Waals surface area contributed by atoms with Crippen LogP contribution in [0.4, 0.5) is 10.1 Å². The van der Waals surface area contributed by atoms with Gasteiger partial charge in [-0.25, -0.2) is 4.39 Å². The number of halogens is 2. The van der Waals surface area contributed by atoms with E-state index in [1.807, 2.05) is 16.8 Å². The van der Waals surface area contributed by atoms with E-state index in [-0.39, 0.29) is 17.1 Å². The van der Waals surface area contributed by atoms with Crippen molar-refractivity contribution in [3.8, 4) is 0 Å². The summed E-state index contributed by atoms with van der Waals surface area (Å²) in [7, 11) is 0. The second kappa shape index (κ2) is 8.08. The summed E-state index contributed by atoms with van der Waals surface area (Å²) in [5, 5.41) is 6.47. The van der Waals surface area contributed by atoms with Gasteiger partial charge in [-0.3, -0.25) is 9.59 Å².